The van der Waals surface area contributed by atoms with Crippen LogP contribution in [0.4, 0.5) is 11.4 Å². The summed E-state index contributed by atoms with van der Waals surface area (Å²) < 4.78 is 3.37. The number of nitrogens with zero attached hydrogens (tertiary/aromatic N) is 10. The van der Waals surface area contributed by atoms with Crippen LogP contribution in [-0.4, -0.2) is 89.2 Å². The molecule has 0 saturated carbocycles. The lowest BCUT2D eigenvalue weighted by molar-refractivity contribution is 0.0626. The summed E-state index contributed by atoms with van der Waals surface area (Å²) in [5.74, 6) is -1.63. The van der Waals surface area contributed by atoms with Gasteiger partial charge < -0.3 is 19.8 Å². The van der Waals surface area contributed by atoms with Crippen molar-refractivity contribution in [3.05, 3.63) is 117 Å². The number of likely N-dealkylation sites (tertiary alicyclic amines) is 1. The van der Waals surface area contributed by atoms with Gasteiger partial charge in [0.25, 0.3) is 17.7 Å². The zero-order valence-corrected chi connectivity index (χ0v) is 34.9. The number of carboxylic acids is 1. The molecule has 61 heavy (non-hydrogen) atoms. The Morgan fingerprint density at radius 1 is 0.738 bits per heavy atom. The fraction of sp³-hybridized carbons (Fsp3) is 0.457. The number of rotatable bonds is 14. The molecule has 2 aromatic carbocycles. The van der Waals surface area contributed by atoms with Crippen molar-refractivity contribution in [1.82, 2.24) is 34.3 Å². The molecule has 0 radical (unpaired) electrons. The highest BCUT2D eigenvalue weighted by Gasteiger charge is 2.36. The van der Waals surface area contributed by atoms with Crippen molar-refractivity contribution < 1.29 is 24.3 Å². The van der Waals surface area contributed by atoms with Gasteiger partial charge in [-0.15, -0.1) is 0 Å². The number of nitriles is 1. The van der Waals surface area contributed by atoms with Crippen LogP contribution in [0.3, 0.4) is 0 Å². The summed E-state index contributed by atoms with van der Waals surface area (Å²) in [6.07, 6.45) is 9.53. The van der Waals surface area contributed by atoms with Gasteiger partial charge in [0.15, 0.2) is 22.8 Å². The fourth-order valence-corrected chi connectivity index (χ4v) is 8.15. The maximum absolute atomic E-state index is 13.4. The SMILES string of the molecule is [C-]#[N+]c1ccc(CN2CC(CCCCC)n3nc(C(=O)N4CCC(C#N)CC4)cc3C2=O)cc1.[C-]#[N+]c1ccc(CN2CC(CCCCC)n3nc(C(=O)O)cc3C2=O)cc1. The number of unbranched alkanes of at least 4 members (excludes halogenated alkanes) is 4. The van der Waals surface area contributed by atoms with Gasteiger partial charge in [0, 0.05) is 57.3 Å². The van der Waals surface area contributed by atoms with E-state index in [0.717, 1.165) is 62.5 Å². The summed E-state index contributed by atoms with van der Waals surface area (Å²) in [7, 11) is 0. The second-order valence-corrected chi connectivity index (χ2v) is 15.9. The molecule has 3 aliphatic heterocycles. The normalized spacial score (nSPS) is 17.3. The van der Waals surface area contributed by atoms with Crippen molar-refractivity contribution in [2.45, 2.75) is 103 Å². The van der Waals surface area contributed by atoms with Crippen LogP contribution >= 0.6 is 0 Å². The number of hydrogen-bond donors (Lipinski definition) is 1. The number of carbonyl (C=O) groups excluding carboxylic acids is 3. The average Bonchev–Trinajstić information content (AvgIpc) is 3.95. The van der Waals surface area contributed by atoms with Gasteiger partial charge in [0.1, 0.15) is 11.4 Å². The first-order chi connectivity index (χ1) is 29.6. The fourth-order valence-electron chi connectivity index (χ4n) is 8.15. The summed E-state index contributed by atoms with van der Waals surface area (Å²) in [6, 6.07) is 19.8. The molecule has 2 atom stereocenters. The molecule has 0 aliphatic carbocycles. The lowest BCUT2D eigenvalue weighted by Crippen LogP contribution is -2.42. The van der Waals surface area contributed by atoms with Gasteiger partial charge in [-0.1, -0.05) is 101 Å². The summed E-state index contributed by atoms with van der Waals surface area (Å²) in [5.41, 5.74) is 4.05. The van der Waals surface area contributed by atoms with Crippen LogP contribution in [0.2, 0.25) is 0 Å². The van der Waals surface area contributed by atoms with Gasteiger partial charge >= 0.3 is 5.97 Å². The van der Waals surface area contributed by atoms with E-state index in [1.54, 1.807) is 49.5 Å². The van der Waals surface area contributed by atoms with Crippen molar-refractivity contribution in [2.24, 2.45) is 5.92 Å². The molecule has 316 valence electrons. The molecular formula is C46H52N10O5. The zero-order valence-electron chi connectivity index (χ0n) is 34.9. The van der Waals surface area contributed by atoms with Crippen LogP contribution in [0.25, 0.3) is 9.69 Å². The molecule has 4 aromatic rings. The molecule has 7 rings (SSSR count). The van der Waals surface area contributed by atoms with Crippen LogP contribution in [0.5, 0.6) is 0 Å². The molecular weight excluding hydrogens is 773 g/mol. The molecule has 1 fully saturated rings. The predicted octanol–water partition coefficient (Wildman–Crippen LogP) is 8.50. The van der Waals surface area contributed by atoms with Crippen LogP contribution in [0.1, 0.15) is 143 Å². The van der Waals surface area contributed by atoms with E-state index in [-0.39, 0.29) is 41.4 Å². The maximum Gasteiger partial charge on any atom is 0.356 e. The number of piperidine rings is 1. The molecule has 1 N–H and O–H groups in total. The number of hydrogen-bond acceptors (Lipinski definition) is 7. The van der Waals surface area contributed by atoms with Crippen LogP contribution in [0, 0.1) is 30.4 Å². The molecule has 2 unspecified atom stereocenters. The Morgan fingerprint density at radius 2 is 1.18 bits per heavy atom. The number of benzene rings is 2. The third-order valence-electron chi connectivity index (χ3n) is 11.6. The third-order valence-corrected chi connectivity index (χ3v) is 11.6. The van der Waals surface area contributed by atoms with Gasteiger partial charge in [0.05, 0.1) is 31.3 Å². The molecule has 0 spiro atoms. The third kappa shape index (κ3) is 10.5. The van der Waals surface area contributed by atoms with E-state index in [0.29, 0.717) is 80.6 Å². The quantitative estimate of drug-likeness (QED) is 0.0976. The molecule has 15 nitrogen and oxygen atoms in total. The van der Waals surface area contributed by atoms with Crippen LogP contribution in [-0.2, 0) is 13.1 Å². The van der Waals surface area contributed by atoms with Crippen molar-refractivity contribution in [3.63, 3.8) is 0 Å². The number of amides is 3. The van der Waals surface area contributed by atoms with Crippen molar-refractivity contribution in [2.75, 3.05) is 26.2 Å². The number of aromatic nitrogens is 4. The molecule has 5 heterocycles. The lowest BCUT2D eigenvalue weighted by atomic mass is 9.98. The van der Waals surface area contributed by atoms with Crippen molar-refractivity contribution >= 4 is 35.1 Å². The second-order valence-electron chi connectivity index (χ2n) is 15.9. The standard InChI is InChI=1S/C26H30N6O2.C20H22N4O3/c1-3-4-5-6-22-18-31(17-20-7-9-21(28-2)10-8-20)26(34)24-15-23(29-32(22)24)25(33)30-13-11-19(16-27)12-14-30;1-3-4-5-6-16-13-23(12-14-7-9-15(21-2)10-8-14)19(25)18-11-17(20(26)27)22-24(16)18/h7-10,15,19,22H,3-6,11-14,17-18H2,1H3;7-11,16H,3-6,12-13H2,1H3,(H,26,27). The minimum Gasteiger partial charge on any atom is -0.476 e. The molecule has 3 amide bonds. The highest BCUT2D eigenvalue weighted by molar-refractivity contribution is 5.98. The van der Waals surface area contributed by atoms with Crippen molar-refractivity contribution in [3.8, 4) is 6.07 Å². The maximum atomic E-state index is 13.4. The van der Waals surface area contributed by atoms with Gasteiger partial charge in [-0.25, -0.2) is 14.5 Å². The van der Waals surface area contributed by atoms with E-state index in [1.807, 2.05) is 29.2 Å². The van der Waals surface area contributed by atoms with Gasteiger partial charge in [-0.3, -0.25) is 23.7 Å². The van der Waals surface area contributed by atoms with E-state index in [2.05, 4.69) is 39.8 Å². The molecule has 15 heteroatoms. The molecule has 1 saturated heterocycles. The van der Waals surface area contributed by atoms with Gasteiger partial charge in [-0.05, 0) is 36.8 Å². The topological polar surface area (TPSA) is 166 Å². The largest absolute Gasteiger partial charge is 0.476 e. The first-order valence-corrected chi connectivity index (χ1v) is 21.2. The Balaban J connectivity index is 0.000000210. The molecule has 0 bridgehead atoms. The Bertz CT molecular complexity index is 2320. The summed E-state index contributed by atoms with van der Waals surface area (Å²) in [5, 5.41) is 27.2. The minimum atomic E-state index is -1.13. The molecule has 3 aliphatic rings. The smallest absolute Gasteiger partial charge is 0.356 e. The highest BCUT2D eigenvalue weighted by Crippen LogP contribution is 2.30. The van der Waals surface area contributed by atoms with E-state index in [4.69, 9.17) is 18.4 Å². The van der Waals surface area contributed by atoms with Crippen LogP contribution < -0.4 is 0 Å². The Morgan fingerprint density at radius 3 is 1.59 bits per heavy atom. The lowest BCUT2D eigenvalue weighted by Gasteiger charge is -2.33. The average molecular weight is 825 g/mol. The Hall–Kier alpha value is -6.79. The van der Waals surface area contributed by atoms with Crippen LogP contribution in [0.15, 0.2) is 60.7 Å². The Kier molecular flexibility index (Phi) is 14.7. The van der Waals surface area contributed by atoms with E-state index in [9.17, 15) is 24.3 Å². The highest BCUT2D eigenvalue weighted by atomic mass is 16.4. The first-order valence-electron chi connectivity index (χ1n) is 21.2. The van der Waals surface area contributed by atoms with E-state index in [1.165, 1.54) is 6.07 Å². The number of carbonyl (C=O) groups is 4. The zero-order chi connectivity index (χ0) is 43.5. The van der Waals surface area contributed by atoms with Gasteiger partial charge in [0.2, 0.25) is 0 Å². The summed E-state index contributed by atoms with van der Waals surface area (Å²) in [4.78, 5) is 62.8. The monoisotopic (exact) mass is 824 g/mol. The predicted molar refractivity (Wildman–Crippen MR) is 227 cm³/mol. The summed E-state index contributed by atoms with van der Waals surface area (Å²) >= 11 is 0. The van der Waals surface area contributed by atoms with E-state index < -0.39 is 5.97 Å². The number of carboxylic acid groups (broad SMARTS) is 1. The first kappa shape index (κ1) is 43.8. The second kappa shape index (κ2) is 20.5. The number of aromatic carboxylic acids is 1. The number of fused-ring (bicyclic) bond motifs is 2. The minimum absolute atomic E-state index is 0.00110. The Labute approximate surface area is 356 Å². The summed E-state index contributed by atoms with van der Waals surface area (Å²) in [6.45, 7) is 21.5. The van der Waals surface area contributed by atoms with E-state index >= 15 is 0 Å². The molecule has 2 aromatic heterocycles. The van der Waals surface area contributed by atoms with Crippen molar-refractivity contribution in [1.29, 1.82) is 5.26 Å². The van der Waals surface area contributed by atoms with Gasteiger partial charge in [-0.2, -0.15) is 15.5 Å².